The van der Waals surface area contributed by atoms with Crippen molar-refractivity contribution in [3.05, 3.63) is 18.0 Å². The second-order valence-corrected chi connectivity index (χ2v) is 5.24. The molecule has 90 valence electrons. The van der Waals surface area contributed by atoms with Crippen LogP contribution in [0.4, 0.5) is 0 Å². The summed E-state index contributed by atoms with van der Waals surface area (Å²) in [4.78, 5) is 11.2. The van der Waals surface area contributed by atoms with Crippen LogP contribution in [0, 0.1) is 11.3 Å². The predicted octanol–water partition coefficient (Wildman–Crippen LogP) is 2.10. The van der Waals surface area contributed by atoms with Gasteiger partial charge in [0.1, 0.15) is 0 Å². The number of aryl methyl sites for hydroxylation is 2. The number of rotatable bonds is 4. The van der Waals surface area contributed by atoms with Gasteiger partial charge in [0, 0.05) is 18.9 Å². The van der Waals surface area contributed by atoms with Crippen molar-refractivity contribution in [2.45, 2.75) is 33.6 Å². The van der Waals surface area contributed by atoms with Crippen LogP contribution in [0.15, 0.2) is 12.3 Å². The van der Waals surface area contributed by atoms with Crippen LogP contribution in [-0.2, 0) is 18.3 Å². The van der Waals surface area contributed by atoms with Crippen LogP contribution in [0.3, 0.4) is 0 Å². The molecule has 0 fully saturated rings. The van der Waals surface area contributed by atoms with Crippen LogP contribution in [0.5, 0.6) is 0 Å². The number of aliphatic carboxylic acids is 1. The molecule has 0 radical (unpaired) electrons. The first-order valence-corrected chi connectivity index (χ1v) is 5.52. The summed E-state index contributed by atoms with van der Waals surface area (Å²) >= 11 is 0. The summed E-state index contributed by atoms with van der Waals surface area (Å²) in [5, 5.41) is 13.3. The highest BCUT2D eigenvalue weighted by molar-refractivity contribution is 5.70. The molecule has 0 saturated heterocycles. The number of carbonyl (C=O) groups is 1. The molecular formula is C12H20N2O2. The molecule has 1 aromatic rings. The Morgan fingerprint density at radius 1 is 1.56 bits per heavy atom. The third-order valence-corrected chi connectivity index (χ3v) is 2.96. The van der Waals surface area contributed by atoms with Gasteiger partial charge in [0.25, 0.3) is 0 Å². The monoisotopic (exact) mass is 224 g/mol. The Morgan fingerprint density at radius 3 is 2.56 bits per heavy atom. The van der Waals surface area contributed by atoms with E-state index in [1.807, 2.05) is 33.9 Å². The molecule has 0 saturated carbocycles. The summed E-state index contributed by atoms with van der Waals surface area (Å²) in [5.74, 6) is -1.03. The smallest absolute Gasteiger partial charge is 0.307 e. The molecule has 0 spiro atoms. The zero-order chi connectivity index (χ0) is 12.3. The fourth-order valence-electron chi connectivity index (χ4n) is 1.87. The molecule has 16 heavy (non-hydrogen) atoms. The van der Waals surface area contributed by atoms with Crippen molar-refractivity contribution in [3.8, 4) is 0 Å². The Labute approximate surface area is 96.3 Å². The topological polar surface area (TPSA) is 55.1 Å². The van der Waals surface area contributed by atoms with Crippen LogP contribution in [-0.4, -0.2) is 20.9 Å². The molecule has 1 rings (SSSR count). The van der Waals surface area contributed by atoms with Gasteiger partial charge in [0.15, 0.2) is 0 Å². The maximum Gasteiger partial charge on any atom is 0.307 e. The minimum Gasteiger partial charge on any atom is -0.481 e. The summed E-state index contributed by atoms with van der Waals surface area (Å²) in [6.45, 7) is 5.90. The molecule has 1 heterocycles. The Morgan fingerprint density at radius 2 is 2.19 bits per heavy atom. The number of hydrogen-bond donors (Lipinski definition) is 1. The first kappa shape index (κ1) is 12.7. The maximum absolute atomic E-state index is 11.2. The summed E-state index contributed by atoms with van der Waals surface area (Å²) in [6, 6.07) is 1.93. The van der Waals surface area contributed by atoms with E-state index >= 15 is 0 Å². The quantitative estimate of drug-likeness (QED) is 0.852. The Balaban J connectivity index is 2.65. The molecule has 0 aliphatic rings. The lowest BCUT2D eigenvalue weighted by Crippen LogP contribution is -2.29. The average molecular weight is 224 g/mol. The van der Waals surface area contributed by atoms with E-state index in [0.29, 0.717) is 6.42 Å². The van der Waals surface area contributed by atoms with Gasteiger partial charge in [-0.15, -0.1) is 0 Å². The van der Waals surface area contributed by atoms with E-state index in [0.717, 1.165) is 12.1 Å². The van der Waals surface area contributed by atoms with E-state index in [4.69, 9.17) is 0 Å². The van der Waals surface area contributed by atoms with Crippen LogP contribution in [0.25, 0.3) is 0 Å². The van der Waals surface area contributed by atoms with Crippen molar-refractivity contribution in [2.24, 2.45) is 18.4 Å². The molecular weight excluding hydrogens is 204 g/mol. The van der Waals surface area contributed by atoms with Crippen LogP contribution in [0.2, 0.25) is 0 Å². The minimum atomic E-state index is -0.713. The van der Waals surface area contributed by atoms with Crippen molar-refractivity contribution >= 4 is 5.97 Å². The first-order valence-electron chi connectivity index (χ1n) is 5.52. The average Bonchev–Trinajstić information content (AvgIpc) is 2.49. The third-order valence-electron chi connectivity index (χ3n) is 2.96. The van der Waals surface area contributed by atoms with Gasteiger partial charge in [-0.3, -0.25) is 9.48 Å². The second kappa shape index (κ2) is 4.68. The highest BCUT2D eigenvalue weighted by Crippen LogP contribution is 2.29. The van der Waals surface area contributed by atoms with Gasteiger partial charge in [0.2, 0.25) is 0 Å². The van der Waals surface area contributed by atoms with Gasteiger partial charge in [-0.1, -0.05) is 20.8 Å². The van der Waals surface area contributed by atoms with E-state index < -0.39 is 5.97 Å². The van der Waals surface area contributed by atoms with Crippen molar-refractivity contribution in [3.63, 3.8) is 0 Å². The summed E-state index contributed by atoms with van der Waals surface area (Å²) in [6.07, 6.45) is 3.14. The second-order valence-electron chi connectivity index (χ2n) is 5.24. The predicted molar refractivity (Wildman–Crippen MR) is 62.1 cm³/mol. The third kappa shape index (κ3) is 3.08. The van der Waals surface area contributed by atoms with Gasteiger partial charge in [0.05, 0.1) is 5.92 Å². The lowest BCUT2D eigenvalue weighted by atomic mass is 9.78. The lowest BCUT2D eigenvalue weighted by molar-refractivity contribution is -0.145. The van der Waals surface area contributed by atoms with Crippen molar-refractivity contribution in [1.82, 2.24) is 9.78 Å². The van der Waals surface area contributed by atoms with Gasteiger partial charge in [-0.2, -0.15) is 5.10 Å². The number of aromatic nitrogens is 2. The van der Waals surface area contributed by atoms with E-state index in [1.54, 1.807) is 10.9 Å². The molecule has 0 aromatic carbocycles. The largest absolute Gasteiger partial charge is 0.481 e. The van der Waals surface area contributed by atoms with Gasteiger partial charge in [-0.25, -0.2) is 0 Å². The molecule has 1 aromatic heterocycles. The Kier molecular flexibility index (Phi) is 3.73. The fraction of sp³-hybridized carbons (Fsp3) is 0.667. The number of hydrogen-bond acceptors (Lipinski definition) is 2. The lowest BCUT2D eigenvalue weighted by Gasteiger charge is -2.26. The molecule has 0 bridgehead atoms. The summed E-state index contributed by atoms with van der Waals surface area (Å²) in [5.41, 5.74) is 0.875. The zero-order valence-electron chi connectivity index (χ0n) is 10.4. The maximum atomic E-state index is 11.2. The van der Waals surface area contributed by atoms with E-state index in [1.165, 1.54) is 0 Å². The summed E-state index contributed by atoms with van der Waals surface area (Å²) < 4.78 is 1.79. The number of carboxylic acids is 1. The van der Waals surface area contributed by atoms with Crippen molar-refractivity contribution in [1.29, 1.82) is 0 Å². The molecule has 0 aliphatic heterocycles. The highest BCUT2D eigenvalue weighted by atomic mass is 16.4. The summed E-state index contributed by atoms with van der Waals surface area (Å²) in [7, 11) is 1.88. The molecule has 0 aliphatic carbocycles. The van der Waals surface area contributed by atoms with E-state index in [9.17, 15) is 9.90 Å². The van der Waals surface area contributed by atoms with Crippen LogP contribution in [0.1, 0.15) is 32.9 Å². The van der Waals surface area contributed by atoms with Crippen molar-refractivity contribution < 1.29 is 9.90 Å². The standard InChI is InChI=1S/C12H20N2O2/c1-12(2,3)10(11(15)16)6-5-9-7-8-13-14(9)4/h7-8,10H,5-6H2,1-4H3,(H,15,16). The highest BCUT2D eigenvalue weighted by Gasteiger charge is 2.30. The zero-order valence-corrected chi connectivity index (χ0v) is 10.4. The SMILES string of the molecule is Cn1nccc1CCC(C(=O)O)C(C)(C)C. The molecule has 4 nitrogen and oxygen atoms in total. The number of nitrogens with zero attached hydrogens (tertiary/aromatic N) is 2. The first-order chi connectivity index (χ1) is 7.32. The normalized spacial score (nSPS) is 13.8. The van der Waals surface area contributed by atoms with Gasteiger partial charge >= 0.3 is 5.97 Å². The van der Waals surface area contributed by atoms with Crippen molar-refractivity contribution in [2.75, 3.05) is 0 Å². The molecule has 0 amide bonds. The molecule has 1 atom stereocenters. The molecule has 1 unspecified atom stereocenters. The van der Waals surface area contributed by atoms with Gasteiger partial charge in [-0.05, 0) is 24.3 Å². The molecule has 1 N–H and O–H groups in total. The number of carboxylic acid groups (broad SMARTS) is 1. The van der Waals surface area contributed by atoms with Crippen LogP contribution < -0.4 is 0 Å². The van der Waals surface area contributed by atoms with Crippen LogP contribution >= 0.6 is 0 Å². The molecule has 4 heteroatoms. The van der Waals surface area contributed by atoms with E-state index in [-0.39, 0.29) is 11.3 Å². The Bertz CT molecular complexity index is 363. The van der Waals surface area contributed by atoms with Gasteiger partial charge < -0.3 is 5.11 Å². The van der Waals surface area contributed by atoms with E-state index in [2.05, 4.69) is 5.10 Å². The minimum absolute atomic E-state index is 0.204. The fourth-order valence-corrected chi connectivity index (χ4v) is 1.87. The Hall–Kier alpha value is -1.32.